The fourth-order valence-corrected chi connectivity index (χ4v) is 1.44. The summed E-state index contributed by atoms with van der Waals surface area (Å²) in [4.78, 5) is 4.26. The minimum Gasteiger partial charge on any atom is -0.385 e. The van der Waals surface area contributed by atoms with E-state index in [1.165, 1.54) is 0 Å². The van der Waals surface area contributed by atoms with E-state index in [0.29, 0.717) is 0 Å². The van der Waals surface area contributed by atoms with E-state index in [1.54, 1.807) is 7.11 Å². The second-order valence-corrected chi connectivity index (χ2v) is 3.53. The van der Waals surface area contributed by atoms with Crippen LogP contribution in [0.5, 0.6) is 0 Å². The molecular weight excluding hydrogens is 206 g/mol. The highest BCUT2D eigenvalue weighted by molar-refractivity contribution is 4.91. The average molecular weight is 227 g/mol. The number of hydrogen-bond donors (Lipinski definition) is 1. The first kappa shape index (κ1) is 13.2. The lowest BCUT2D eigenvalue weighted by Gasteiger charge is -2.08. The Bertz CT molecular complexity index is 276. The van der Waals surface area contributed by atoms with Crippen molar-refractivity contribution in [1.29, 1.82) is 0 Å². The smallest absolute Gasteiger partial charge is 0.122 e. The summed E-state index contributed by atoms with van der Waals surface area (Å²) in [5.41, 5.74) is 0. The van der Waals surface area contributed by atoms with Gasteiger partial charge in [-0.2, -0.15) is 0 Å². The lowest BCUT2D eigenvalue weighted by atomic mass is 10.5. The molecule has 1 heterocycles. The molecule has 5 nitrogen and oxygen atoms in total. The molecule has 5 heteroatoms. The van der Waals surface area contributed by atoms with Gasteiger partial charge in [-0.1, -0.05) is 0 Å². The van der Waals surface area contributed by atoms with Crippen molar-refractivity contribution in [3.05, 3.63) is 18.2 Å². The zero-order chi connectivity index (χ0) is 11.6. The lowest BCUT2D eigenvalue weighted by Crippen LogP contribution is -2.14. The molecule has 1 N–H and O–H groups in total. The normalized spacial score (nSPS) is 10.9. The van der Waals surface area contributed by atoms with Gasteiger partial charge >= 0.3 is 0 Å². The Hall–Kier alpha value is -0.910. The number of methoxy groups -OCH3 is 1. The number of rotatable bonds is 9. The van der Waals surface area contributed by atoms with E-state index in [9.17, 15) is 0 Å². The first-order valence-electron chi connectivity index (χ1n) is 5.59. The molecule has 92 valence electrons. The lowest BCUT2D eigenvalue weighted by molar-refractivity contribution is 0.0972. The Kier molecular flexibility index (Phi) is 6.80. The fourth-order valence-electron chi connectivity index (χ4n) is 1.44. The number of hydrogen-bond acceptors (Lipinski definition) is 4. The molecule has 1 rings (SSSR count). The van der Waals surface area contributed by atoms with Gasteiger partial charge < -0.3 is 19.4 Å². The highest BCUT2D eigenvalue weighted by atomic mass is 16.5. The van der Waals surface area contributed by atoms with Crippen LogP contribution in [0.4, 0.5) is 0 Å². The van der Waals surface area contributed by atoms with Gasteiger partial charge in [-0.05, 0) is 13.5 Å². The first-order valence-corrected chi connectivity index (χ1v) is 5.59. The molecule has 0 aromatic carbocycles. The molecule has 0 radical (unpaired) electrons. The SMILES string of the molecule is CNCc1nccn1CCOCCCOC. The Labute approximate surface area is 96.8 Å². The summed E-state index contributed by atoms with van der Waals surface area (Å²) >= 11 is 0. The third kappa shape index (κ3) is 4.74. The third-order valence-corrected chi connectivity index (χ3v) is 2.25. The molecule has 0 spiro atoms. The molecule has 0 saturated heterocycles. The van der Waals surface area contributed by atoms with Crippen LogP contribution in [0, 0.1) is 0 Å². The Morgan fingerprint density at radius 1 is 1.38 bits per heavy atom. The first-order chi connectivity index (χ1) is 7.88. The molecule has 0 aliphatic carbocycles. The number of nitrogens with zero attached hydrogens (tertiary/aromatic N) is 2. The van der Waals surface area contributed by atoms with Crippen LogP contribution in [-0.2, 0) is 22.6 Å². The van der Waals surface area contributed by atoms with Crippen LogP contribution in [0.2, 0.25) is 0 Å². The maximum absolute atomic E-state index is 5.49. The van der Waals surface area contributed by atoms with E-state index in [2.05, 4.69) is 14.9 Å². The molecular formula is C11H21N3O2. The molecule has 0 atom stereocenters. The van der Waals surface area contributed by atoms with Crippen molar-refractivity contribution in [2.75, 3.05) is 34.0 Å². The Balaban J connectivity index is 2.13. The van der Waals surface area contributed by atoms with Crippen molar-refractivity contribution in [3.8, 4) is 0 Å². The summed E-state index contributed by atoms with van der Waals surface area (Å²) in [6.07, 6.45) is 4.74. The zero-order valence-corrected chi connectivity index (χ0v) is 10.1. The molecule has 0 saturated carbocycles. The van der Waals surface area contributed by atoms with Gasteiger partial charge in [0.1, 0.15) is 5.82 Å². The summed E-state index contributed by atoms with van der Waals surface area (Å²) in [6.45, 7) is 3.87. The standard InChI is InChI=1S/C11H21N3O2/c1-12-10-11-13-4-5-14(11)6-9-16-8-3-7-15-2/h4-5,12H,3,6-10H2,1-2H3. The monoisotopic (exact) mass is 227 g/mol. The quantitative estimate of drug-likeness (QED) is 0.629. The number of nitrogens with one attached hydrogen (secondary N) is 1. The maximum atomic E-state index is 5.49. The molecule has 16 heavy (non-hydrogen) atoms. The predicted octanol–water partition coefficient (Wildman–Crippen LogP) is 0.656. The van der Waals surface area contributed by atoms with Crippen LogP contribution in [0.3, 0.4) is 0 Å². The van der Waals surface area contributed by atoms with E-state index in [-0.39, 0.29) is 0 Å². The van der Waals surface area contributed by atoms with Gasteiger partial charge in [-0.15, -0.1) is 0 Å². The summed E-state index contributed by atoms with van der Waals surface area (Å²) < 4.78 is 12.5. The highest BCUT2D eigenvalue weighted by Gasteiger charge is 2.00. The highest BCUT2D eigenvalue weighted by Crippen LogP contribution is 1.97. The fraction of sp³-hybridized carbons (Fsp3) is 0.727. The van der Waals surface area contributed by atoms with E-state index in [4.69, 9.17) is 9.47 Å². The van der Waals surface area contributed by atoms with Crippen LogP contribution in [0.25, 0.3) is 0 Å². The van der Waals surface area contributed by atoms with Crippen molar-refractivity contribution < 1.29 is 9.47 Å². The van der Waals surface area contributed by atoms with Crippen molar-refractivity contribution in [1.82, 2.24) is 14.9 Å². The zero-order valence-electron chi connectivity index (χ0n) is 10.1. The topological polar surface area (TPSA) is 48.3 Å². The molecule has 1 aromatic rings. The predicted molar refractivity (Wildman–Crippen MR) is 62.3 cm³/mol. The maximum Gasteiger partial charge on any atom is 0.122 e. The van der Waals surface area contributed by atoms with Crippen LogP contribution in [0.15, 0.2) is 12.4 Å². The Morgan fingerprint density at radius 2 is 2.25 bits per heavy atom. The van der Waals surface area contributed by atoms with Gasteiger partial charge in [0.15, 0.2) is 0 Å². The summed E-state index contributed by atoms with van der Waals surface area (Å²) in [5, 5.41) is 3.09. The van der Waals surface area contributed by atoms with Crippen LogP contribution < -0.4 is 5.32 Å². The van der Waals surface area contributed by atoms with E-state index in [1.807, 2.05) is 19.4 Å². The van der Waals surface area contributed by atoms with E-state index in [0.717, 1.165) is 45.2 Å². The van der Waals surface area contributed by atoms with Gasteiger partial charge in [-0.25, -0.2) is 4.98 Å². The molecule has 0 amide bonds. The van der Waals surface area contributed by atoms with Gasteiger partial charge in [-0.3, -0.25) is 0 Å². The molecule has 0 unspecified atom stereocenters. The second kappa shape index (κ2) is 8.27. The van der Waals surface area contributed by atoms with Crippen LogP contribution in [-0.4, -0.2) is 43.5 Å². The van der Waals surface area contributed by atoms with E-state index >= 15 is 0 Å². The van der Waals surface area contributed by atoms with Gasteiger partial charge in [0.05, 0.1) is 13.2 Å². The van der Waals surface area contributed by atoms with Gasteiger partial charge in [0, 0.05) is 39.3 Å². The van der Waals surface area contributed by atoms with Crippen molar-refractivity contribution in [3.63, 3.8) is 0 Å². The van der Waals surface area contributed by atoms with Crippen molar-refractivity contribution in [2.45, 2.75) is 19.5 Å². The van der Waals surface area contributed by atoms with Crippen molar-refractivity contribution in [2.24, 2.45) is 0 Å². The van der Waals surface area contributed by atoms with Crippen LogP contribution in [0.1, 0.15) is 12.2 Å². The van der Waals surface area contributed by atoms with Crippen molar-refractivity contribution >= 4 is 0 Å². The van der Waals surface area contributed by atoms with Gasteiger partial charge in [0.25, 0.3) is 0 Å². The number of aromatic nitrogens is 2. The van der Waals surface area contributed by atoms with Gasteiger partial charge in [0.2, 0.25) is 0 Å². The minimum absolute atomic E-state index is 0.719. The molecule has 1 aromatic heterocycles. The van der Waals surface area contributed by atoms with Crippen LogP contribution >= 0.6 is 0 Å². The summed E-state index contributed by atoms with van der Waals surface area (Å²) in [5.74, 6) is 1.04. The third-order valence-electron chi connectivity index (χ3n) is 2.25. The average Bonchev–Trinajstić information content (AvgIpc) is 2.72. The number of ether oxygens (including phenoxy) is 2. The molecule has 0 aliphatic heterocycles. The summed E-state index contributed by atoms with van der Waals surface area (Å²) in [6, 6.07) is 0. The molecule has 0 fully saturated rings. The largest absolute Gasteiger partial charge is 0.385 e. The molecule has 0 aliphatic rings. The summed E-state index contributed by atoms with van der Waals surface area (Å²) in [7, 11) is 3.62. The Morgan fingerprint density at radius 3 is 3.00 bits per heavy atom. The second-order valence-electron chi connectivity index (χ2n) is 3.53. The molecule has 0 bridgehead atoms. The minimum atomic E-state index is 0.719. The number of imidazole rings is 1. The van der Waals surface area contributed by atoms with E-state index < -0.39 is 0 Å².